The first-order chi connectivity index (χ1) is 9.02. The summed E-state index contributed by atoms with van der Waals surface area (Å²) in [6, 6.07) is 6.97. The van der Waals surface area contributed by atoms with Crippen molar-refractivity contribution in [2.45, 2.75) is 40.0 Å². The van der Waals surface area contributed by atoms with E-state index in [4.69, 9.17) is 10.00 Å². The molecule has 0 aliphatic rings. The normalized spacial score (nSPS) is 10.9. The van der Waals surface area contributed by atoms with Gasteiger partial charge in [0.15, 0.2) is 0 Å². The molecule has 0 fully saturated rings. The first kappa shape index (κ1) is 15.7. The lowest BCUT2D eigenvalue weighted by Crippen LogP contribution is -2.33. The van der Waals surface area contributed by atoms with Gasteiger partial charge in [-0.1, -0.05) is 20.8 Å². The minimum Gasteiger partial charge on any atom is -0.425 e. The van der Waals surface area contributed by atoms with Crippen molar-refractivity contribution in [3.63, 3.8) is 0 Å². The molecular formula is C15H18BrNO2. The predicted molar refractivity (Wildman–Crippen MR) is 77.8 cm³/mol. The van der Waals surface area contributed by atoms with Gasteiger partial charge < -0.3 is 4.74 Å². The Balaban J connectivity index is 2.97. The van der Waals surface area contributed by atoms with E-state index in [2.05, 4.69) is 15.9 Å². The zero-order valence-corrected chi connectivity index (χ0v) is 13.1. The molecule has 1 rings (SSSR count). The highest BCUT2D eigenvalue weighted by molar-refractivity contribution is 9.10. The molecule has 0 bridgehead atoms. The summed E-state index contributed by atoms with van der Waals surface area (Å²) >= 11 is 3.32. The van der Waals surface area contributed by atoms with Crippen molar-refractivity contribution in [1.82, 2.24) is 0 Å². The average Bonchev–Trinajstić information content (AvgIpc) is 2.43. The molecule has 19 heavy (non-hydrogen) atoms. The Morgan fingerprint density at radius 2 is 1.89 bits per heavy atom. The third-order valence-corrected chi connectivity index (χ3v) is 4.35. The van der Waals surface area contributed by atoms with Gasteiger partial charge in [0, 0.05) is 0 Å². The monoisotopic (exact) mass is 323 g/mol. The van der Waals surface area contributed by atoms with Crippen LogP contribution in [0.3, 0.4) is 0 Å². The lowest BCUT2D eigenvalue weighted by molar-refractivity contribution is -0.146. The van der Waals surface area contributed by atoms with Crippen LogP contribution >= 0.6 is 15.9 Å². The maximum absolute atomic E-state index is 12.3. The molecule has 0 aromatic heterocycles. The van der Waals surface area contributed by atoms with E-state index in [1.807, 2.05) is 26.8 Å². The Bertz CT molecular complexity index is 493. The van der Waals surface area contributed by atoms with Crippen LogP contribution in [0.25, 0.3) is 0 Å². The van der Waals surface area contributed by atoms with E-state index in [0.717, 1.165) is 19.3 Å². The number of benzene rings is 1. The Morgan fingerprint density at radius 3 is 2.32 bits per heavy atom. The highest BCUT2D eigenvalue weighted by Gasteiger charge is 2.35. The minimum absolute atomic E-state index is 0.203. The zero-order valence-electron chi connectivity index (χ0n) is 11.5. The fraction of sp³-hybridized carbons (Fsp3) is 0.467. The molecule has 0 spiro atoms. The van der Waals surface area contributed by atoms with E-state index in [0.29, 0.717) is 15.8 Å². The summed E-state index contributed by atoms with van der Waals surface area (Å²) in [7, 11) is 0. The molecule has 0 heterocycles. The van der Waals surface area contributed by atoms with E-state index in [1.54, 1.807) is 18.2 Å². The van der Waals surface area contributed by atoms with Gasteiger partial charge >= 0.3 is 5.97 Å². The van der Waals surface area contributed by atoms with Gasteiger partial charge in [-0.15, -0.1) is 0 Å². The second-order valence-electron chi connectivity index (χ2n) is 4.49. The van der Waals surface area contributed by atoms with Crippen LogP contribution < -0.4 is 4.74 Å². The number of nitrogens with zero attached hydrogens (tertiary/aromatic N) is 1. The van der Waals surface area contributed by atoms with Crippen molar-refractivity contribution in [3.8, 4) is 11.8 Å². The Morgan fingerprint density at radius 1 is 1.32 bits per heavy atom. The first-order valence-corrected chi connectivity index (χ1v) is 7.24. The Kier molecular flexibility index (Phi) is 5.56. The largest absolute Gasteiger partial charge is 0.425 e. The van der Waals surface area contributed by atoms with Gasteiger partial charge in [0.25, 0.3) is 0 Å². The molecule has 0 N–H and O–H groups in total. The summed E-state index contributed by atoms with van der Waals surface area (Å²) in [5.41, 5.74) is 0.104. The maximum Gasteiger partial charge on any atom is 0.317 e. The number of hydrogen-bond acceptors (Lipinski definition) is 3. The average molecular weight is 324 g/mol. The van der Waals surface area contributed by atoms with E-state index in [-0.39, 0.29) is 5.97 Å². The van der Waals surface area contributed by atoms with Gasteiger partial charge in [0.2, 0.25) is 0 Å². The van der Waals surface area contributed by atoms with Gasteiger partial charge in [-0.05, 0) is 53.4 Å². The number of carbonyl (C=O) groups is 1. The molecule has 0 unspecified atom stereocenters. The van der Waals surface area contributed by atoms with Crippen LogP contribution in [0.4, 0.5) is 0 Å². The van der Waals surface area contributed by atoms with Crippen molar-refractivity contribution >= 4 is 21.9 Å². The van der Waals surface area contributed by atoms with Crippen molar-refractivity contribution in [1.29, 1.82) is 5.26 Å². The molecule has 1 aromatic rings. The number of rotatable bonds is 5. The number of nitriles is 1. The molecular weight excluding hydrogens is 306 g/mol. The molecule has 0 atom stereocenters. The van der Waals surface area contributed by atoms with Crippen LogP contribution in [-0.2, 0) is 4.79 Å². The Hall–Kier alpha value is -1.34. The van der Waals surface area contributed by atoms with Crippen molar-refractivity contribution in [3.05, 3.63) is 28.2 Å². The Labute approximate surface area is 122 Å². The van der Waals surface area contributed by atoms with Crippen LogP contribution in [0.5, 0.6) is 5.75 Å². The van der Waals surface area contributed by atoms with E-state index < -0.39 is 5.41 Å². The third kappa shape index (κ3) is 3.36. The van der Waals surface area contributed by atoms with Crippen LogP contribution in [0, 0.1) is 16.7 Å². The molecule has 0 aliphatic carbocycles. The molecule has 0 saturated heterocycles. The molecule has 3 nitrogen and oxygen atoms in total. The highest BCUT2D eigenvalue weighted by atomic mass is 79.9. The number of carbonyl (C=O) groups excluding carboxylic acids is 1. The maximum atomic E-state index is 12.3. The lowest BCUT2D eigenvalue weighted by Gasteiger charge is -2.27. The lowest BCUT2D eigenvalue weighted by atomic mass is 9.80. The highest BCUT2D eigenvalue weighted by Crippen LogP contribution is 2.34. The van der Waals surface area contributed by atoms with Gasteiger partial charge in [-0.25, -0.2) is 0 Å². The number of ether oxygens (including phenoxy) is 1. The molecule has 0 saturated carbocycles. The van der Waals surface area contributed by atoms with Crippen molar-refractivity contribution < 1.29 is 9.53 Å². The zero-order chi connectivity index (χ0) is 14.5. The van der Waals surface area contributed by atoms with E-state index >= 15 is 0 Å². The predicted octanol–water partition coefficient (Wildman–Crippen LogP) is 4.44. The summed E-state index contributed by atoms with van der Waals surface area (Å²) in [6.07, 6.45) is 2.27. The quantitative estimate of drug-likeness (QED) is 0.594. The molecule has 0 radical (unpaired) electrons. The van der Waals surface area contributed by atoms with Crippen molar-refractivity contribution in [2.24, 2.45) is 5.41 Å². The topological polar surface area (TPSA) is 50.1 Å². The molecule has 102 valence electrons. The fourth-order valence-electron chi connectivity index (χ4n) is 2.04. The smallest absolute Gasteiger partial charge is 0.317 e. The minimum atomic E-state index is -0.423. The van der Waals surface area contributed by atoms with Crippen LogP contribution in [0.2, 0.25) is 0 Å². The second-order valence-corrected chi connectivity index (χ2v) is 5.34. The molecule has 1 aromatic carbocycles. The fourth-order valence-corrected chi connectivity index (χ4v) is 2.50. The van der Waals surface area contributed by atoms with Gasteiger partial charge in [-0.3, -0.25) is 4.79 Å². The van der Waals surface area contributed by atoms with Gasteiger partial charge in [0.05, 0.1) is 21.5 Å². The van der Waals surface area contributed by atoms with Gasteiger partial charge in [-0.2, -0.15) is 5.26 Å². The first-order valence-electron chi connectivity index (χ1n) is 6.44. The van der Waals surface area contributed by atoms with Crippen molar-refractivity contribution in [2.75, 3.05) is 0 Å². The van der Waals surface area contributed by atoms with Crippen LogP contribution in [0.15, 0.2) is 22.7 Å². The summed E-state index contributed by atoms with van der Waals surface area (Å²) in [5, 5.41) is 8.80. The van der Waals surface area contributed by atoms with Gasteiger partial charge in [0.1, 0.15) is 5.75 Å². The van der Waals surface area contributed by atoms with E-state index in [9.17, 15) is 4.79 Å². The SMILES string of the molecule is CCC(CC)(CC)C(=O)Oc1ccc(C#N)cc1Br. The summed E-state index contributed by atoms with van der Waals surface area (Å²) < 4.78 is 6.11. The molecule has 0 amide bonds. The number of esters is 1. The number of halogens is 1. The van der Waals surface area contributed by atoms with Crippen LogP contribution in [0.1, 0.15) is 45.6 Å². The molecule has 4 heteroatoms. The number of hydrogen-bond donors (Lipinski definition) is 0. The standard InChI is InChI=1S/C15H18BrNO2/c1-4-15(5-2,6-3)14(18)19-13-8-7-11(10-17)9-12(13)16/h7-9H,4-6H2,1-3H3. The third-order valence-electron chi connectivity index (χ3n) is 3.73. The molecule has 0 aliphatic heterocycles. The second kappa shape index (κ2) is 6.72. The summed E-state index contributed by atoms with van der Waals surface area (Å²) in [5.74, 6) is 0.258. The summed E-state index contributed by atoms with van der Waals surface area (Å²) in [4.78, 5) is 12.3. The summed E-state index contributed by atoms with van der Waals surface area (Å²) in [6.45, 7) is 6.01. The van der Waals surface area contributed by atoms with Crippen LogP contribution in [-0.4, -0.2) is 5.97 Å². The van der Waals surface area contributed by atoms with E-state index in [1.165, 1.54) is 0 Å².